The Hall–Kier alpha value is -1.20. The van der Waals surface area contributed by atoms with Crippen molar-refractivity contribution in [1.29, 1.82) is 0 Å². The molecule has 0 spiro atoms. The molecule has 130 valence electrons. The molecule has 2 aromatic heterocycles. The van der Waals surface area contributed by atoms with Gasteiger partial charge in [0.15, 0.2) is 0 Å². The van der Waals surface area contributed by atoms with Crippen LogP contribution in [0.4, 0.5) is 5.82 Å². The quantitative estimate of drug-likeness (QED) is 0.840. The van der Waals surface area contributed by atoms with Crippen molar-refractivity contribution < 1.29 is 4.74 Å². The fraction of sp³-hybridized carbons (Fsp3) is 0.684. The molecule has 0 amide bonds. The molecule has 4 rings (SSSR count). The Balaban J connectivity index is 1.77. The van der Waals surface area contributed by atoms with Crippen molar-refractivity contribution in [3.63, 3.8) is 0 Å². The van der Waals surface area contributed by atoms with E-state index in [1.165, 1.54) is 41.5 Å². The summed E-state index contributed by atoms with van der Waals surface area (Å²) in [6.07, 6.45) is 6.67. The number of nitrogens with zero attached hydrogens (tertiary/aromatic N) is 3. The second-order valence-electron chi connectivity index (χ2n) is 7.76. The first-order valence-electron chi connectivity index (χ1n) is 9.18. The van der Waals surface area contributed by atoms with Crippen molar-refractivity contribution >= 4 is 27.4 Å². The second kappa shape index (κ2) is 6.26. The van der Waals surface area contributed by atoms with Gasteiger partial charge in [-0.05, 0) is 36.2 Å². The maximum absolute atomic E-state index is 5.52. The Bertz CT molecular complexity index is 734. The van der Waals surface area contributed by atoms with Crippen molar-refractivity contribution in [2.45, 2.75) is 46.5 Å². The van der Waals surface area contributed by atoms with Crippen LogP contribution < -0.4 is 4.90 Å². The van der Waals surface area contributed by atoms with Gasteiger partial charge in [0.1, 0.15) is 17.0 Å². The number of ether oxygens (including phenoxy) is 1. The molecule has 1 atom stereocenters. The molecule has 4 nitrogen and oxygen atoms in total. The van der Waals surface area contributed by atoms with Crippen LogP contribution in [0.1, 0.15) is 44.1 Å². The van der Waals surface area contributed by atoms with Crippen LogP contribution in [-0.2, 0) is 17.6 Å². The molecule has 1 aliphatic carbocycles. The highest BCUT2D eigenvalue weighted by atomic mass is 32.1. The average Bonchev–Trinajstić information content (AvgIpc) is 3.00. The van der Waals surface area contributed by atoms with Crippen LogP contribution in [0.2, 0.25) is 0 Å². The first-order valence-corrected chi connectivity index (χ1v) is 9.99. The summed E-state index contributed by atoms with van der Waals surface area (Å²) in [5.41, 5.74) is 1.94. The van der Waals surface area contributed by atoms with Crippen molar-refractivity contribution in [3.8, 4) is 0 Å². The standard InChI is InChI=1S/C19H27N3OS/c1-4-19(2,3)13-5-6-15-14(11-13)16-17(20-12-21-18(16)24-15)22-7-9-23-10-8-22/h12-13H,4-11H2,1-3H3/t13-/m1/s1. The minimum absolute atomic E-state index is 0.403. The van der Waals surface area contributed by atoms with Gasteiger partial charge in [0.25, 0.3) is 0 Å². The molecule has 0 N–H and O–H groups in total. The number of rotatable bonds is 3. The maximum Gasteiger partial charge on any atom is 0.141 e. The van der Waals surface area contributed by atoms with E-state index in [0.29, 0.717) is 5.41 Å². The minimum atomic E-state index is 0.403. The van der Waals surface area contributed by atoms with E-state index < -0.39 is 0 Å². The molecule has 24 heavy (non-hydrogen) atoms. The topological polar surface area (TPSA) is 38.2 Å². The molecule has 1 aliphatic heterocycles. The number of anilines is 1. The summed E-state index contributed by atoms with van der Waals surface area (Å²) >= 11 is 1.89. The van der Waals surface area contributed by atoms with Crippen molar-refractivity contribution in [2.75, 3.05) is 31.2 Å². The summed E-state index contributed by atoms with van der Waals surface area (Å²) in [4.78, 5) is 14.4. The molecule has 1 fully saturated rings. The second-order valence-corrected chi connectivity index (χ2v) is 8.85. The number of thiophene rings is 1. The van der Waals surface area contributed by atoms with Gasteiger partial charge < -0.3 is 9.64 Å². The molecule has 3 heterocycles. The highest BCUT2D eigenvalue weighted by Crippen LogP contribution is 2.45. The van der Waals surface area contributed by atoms with Crippen LogP contribution >= 0.6 is 11.3 Å². The number of hydrogen-bond acceptors (Lipinski definition) is 5. The van der Waals surface area contributed by atoms with Gasteiger partial charge in [-0.1, -0.05) is 27.2 Å². The predicted molar refractivity (Wildman–Crippen MR) is 100 cm³/mol. The molecule has 1 saturated heterocycles. The molecular formula is C19H27N3OS. The van der Waals surface area contributed by atoms with E-state index in [9.17, 15) is 0 Å². The van der Waals surface area contributed by atoms with E-state index >= 15 is 0 Å². The Morgan fingerprint density at radius 2 is 2.08 bits per heavy atom. The monoisotopic (exact) mass is 345 g/mol. The summed E-state index contributed by atoms with van der Waals surface area (Å²) in [5.74, 6) is 1.89. The molecule has 2 aromatic rings. The first-order chi connectivity index (χ1) is 11.6. The van der Waals surface area contributed by atoms with E-state index in [2.05, 4.69) is 35.6 Å². The summed E-state index contributed by atoms with van der Waals surface area (Å²) in [6.45, 7) is 10.6. The lowest BCUT2D eigenvalue weighted by atomic mass is 9.69. The third kappa shape index (κ3) is 2.72. The molecule has 0 aromatic carbocycles. The van der Waals surface area contributed by atoms with Crippen LogP contribution in [0.3, 0.4) is 0 Å². The zero-order valence-corrected chi connectivity index (χ0v) is 15.8. The van der Waals surface area contributed by atoms with Crippen LogP contribution in [0.25, 0.3) is 10.2 Å². The average molecular weight is 346 g/mol. The number of fused-ring (bicyclic) bond motifs is 3. The van der Waals surface area contributed by atoms with Gasteiger partial charge in [0, 0.05) is 18.0 Å². The Morgan fingerprint density at radius 3 is 2.83 bits per heavy atom. The summed E-state index contributed by atoms with van der Waals surface area (Å²) < 4.78 is 5.52. The maximum atomic E-state index is 5.52. The molecule has 0 saturated carbocycles. The molecular weight excluding hydrogens is 318 g/mol. The molecule has 2 aliphatic rings. The van der Waals surface area contributed by atoms with Gasteiger partial charge >= 0.3 is 0 Å². The summed E-state index contributed by atoms with van der Waals surface area (Å²) in [5, 5.41) is 1.33. The highest BCUT2D eigenvalue weighted by Gasteiger charge is 2.34. The van der Waals surface area contributed by atoms with Crippen molar-refractivity contribution in [3.05, 3.63) is 16.8 Å². The summed E-state index contributed by atoms with van der Waals surface area (Å²) in [7, 11) is 0. The highest BCUT2D eigenvalue weighted by molar-refractivity contribution is 7.19. The van der Waals surface area contributed by atoms with E-state index in [4.69, 9.17) is 4.74 Å². The van der Waals surface area contributed by atoms with Crippen molar-refractivity contribution in [1.82, 2.24) is 9.97 Å². The lowest BCUT2D eigenvalue weighted by Gasteiger charge is -2.36. The normalized spacial score (nSPS) is 22.0. The van der Waals surface area contributed by atoms with Crippen LogP contribution in [0.15, 0.2) is 6.33 Å². The van der Waals surface area contributed by atoms with E-state index in [1.807, 2.05) is 11.3 Å². The number of aryl methyl sites for hydroxylation is 1. The van der Waals surface area contributed by atoms with Crippen LogP contribution in [0, 0.1) is 11.3 Å². The Kier molecular flexibility index (Phi) is 4.25. The Morgan fingerprint density at radius 1 is 1.29 bits per heavy atom. The zero-order valence-electron chi connectivity index (χ0n) is 15.0. The van der Waals surface area contributed by atoms with Gasteiger partial charge in [0.05, 0.1) is 18.6 Å². The smallest absolute Gasteiger partial charge is 0.141 e. The predicted octanol–water partition coefficient (Wildman–Crippen LogP) is 4.07. The van der Waals surface area contributed by atoms with Gasteiger partial charge in [-0.3, -0.25) is 0 Å². The minimum Gasteiger partial charge on any atom is -0.378 e. The SMILES string of the molecule is CCC(C)(C)[C@@H]1CCc2sc3ncnc(N4CCOCC4)c3c2C1. The summed E-state index contributed by atoms with van der Waals surface area (Å²) in [6, 6.07) is 0. The Labute approximate surface area is 148 Å². The fourth-order valence-electron chi connectivity index (χ4n) is 4.06. The fourth-order valence-corrected chi connectivity index (χ4v) is 5.24. The lowest BCUT2D eigenvalue weighted by Crippen LogP contribution is -2.37. The largest absolute Gasteiger partial charge is 0.378 e. The van der Waals surface area contributed by atoms with Crippen molar-refractivity contribution in [2.24, 2.45) is 11.3 Å². The van der Waals surface area contributed by atoms with E-state index in [1.54, 1.807) is 11.2 Å². The number of hydrogen-bond donors (Lipinski definition) is 0. The van der Waals surface area contributed by atoms with E-state index in [-0.39, 0.29) is 0 Å². The van der Waals surface area contributed by atoms with Gasteiger partial charge in [0.2, 0.25) is 0 Å². The van der Waals surface area contributed by atoms with Gasteiger partial charge in [-0.2, -0.15) is 0 Å². The molecule has 0 bridgehead atoms. The molecule has 5 heteroatoms. The zero-order chi connectivity index (χ0) is 16.7. The van der Waals surface area contributed by atoms with Gasteiger partial charge in [-0.15, -0.1) is 11.3 Å². The number of aromatic nitrogens is 2. The molecule has 0 radical (unpaired) electrons. The van der Waals surface area contributed by atoms with E-state index in [0.717, 1.165) is 38.0 Å². The van der Waals surface area contributed by atoms with Gasteiger partial charge in [-0.25, -0.2) is 9.97 Å². The number of morpholine rings is 1. The lowest BCUT2D eigenvalue weighted by molar-refractivity contribution is 0.122. The molecule has 0 unspecified atom stereocenters. The van der Waals surface area contributed by atoms with Crippen LogP contribution in [-0.4, -0.2) is 36.3 Å². The first kappa shape index (κ1) is 16.3. The van der Waals surface area contributed by atoms with Crippen LogP contribution in [0.5, 0.6) is 0 Å². The third-order valence-corrected chi connectivity index (χ3v) is 7.35. The third-order valence-electron chi connectivity index (χ3n) is 6.15.